The molecule has 0 bridgehead atoms. The van der Waals surface area contributed by atoms with Crippen molar-refractivity contribution in [3.05, 3.63) is 38.8 Å². The fourth-order valence-electron chi connectivity index (χ4n) is 6.26. The van der Waals surface area contributed by atoms with Gasteiger partial charge in [0.05, 0.1) is 12.7 Å². The lowest BCUT2D eigenvalue weighted by molar-refractivity contribution is -0.126. The van der Waals surface area contributed by atoms with Crippen LogP contribution in [0.3, 0.4) is 0 Å². The van der Waals surface area contributed by atoms with Crippen LogP contribution >= 0.6 is 0 Å². The summed E-state index contributed by atoms with van der Waals surface area (Å²) < 4.78 is 11.4. The van der Waals surface area contributed by atoms with E-state index in [2.05, 4.69) is 0 Å². The van der Waals surface area contributed by atoms with Gasteiger partial charge in [0.2, 0.25) is 0 Å². The van der Waals surface area contributed by atoms with Gasteiger partial charge in [0, 0.05) is 34.7 Å². The summed E-state index contributed by atoms with van der Waals surface area (Å²) in [5.41, 5.74) is 0.763. The molecule has 0 saturated heterocycles. The van der Waals surface area contributed by atoms with Crippen molar-refractivity contribution in [2.24, 2.45) is 29.1 Å². The molecule has 2 fully saturated rings. The number of methoxy groups -OCH3 is 1. The number of carbonyl (C=O) groups excluding carboxylic acids is 2. The Morgan fingerprint density at radius 1 is 1.20 bits per heavy atom. The Morgan fingerprint density at radius 2 is 1.80 bits per heavy atom. The van der Waals surface area contributed by atoms with Gasteiger partial charge in [0.1, 0.15) is 17.3 Å². The Morgan fingerprint density at radius 3 is 2.33 bits per heavy atom. The summed E-state index contributed by atoms with van der Waals surface area (Å²) in [6.07, 6.45) is 2.51. The number of fused-ring (bicyclic) bond motifs is 1. The number of allylic oxidation sites excluding steroid dienone is 2. The molecule has 164 valence electrons. The molecule has 6 atom stereocenters. The molecule has 1 heterocycles. The number of hydrogen-bond acceptors (Lipinski definition) is 5. The van der Waals surface area contributed by atoms with Crippen LogP contribution in [0.1, 0.15) is 64.9 Å². The molecular weight excluding hydrogens is 380 g/mol. The Bertz CT molecular complexity index is 1000. The molecule has 2 aliphatic rings. The van der Waals surface area contributed by atoms with Crippen molar-refractivity contribution in [1.29, 1.82) is 0 Å². The molecule has 5 nitrogen and oxygen atoms in total. The van der Waals surface area contributed by atoms with Gasteiger partial charge in [0.25, 0.3) is 5.95 Å². The van der Waals surface area contributed by atoms with E-state index in [1.165, 1.54) is 7.11 Å². The summed E-state index contributed by atoms with van der Waals surface area (Å²) in [4.78, 5) is 38.4. The van der Waals surface area contributed by atoms with Crippen LogP contribution in [-0.2, 0) is 15.0 Å². The third-order valence-corrected chi connectivity index (χ3v) is 8.14. The van der Waals surface area contributed by atoms with Crippen molar-refractivity contribution >= 4 is 11.6 Å². The summed E-state index contributed by atoms with van der Waals surface area (Å²) in [5.74, 6) is 0.876. The molecule has 0 aliphatic heterocycles. The van der Waals surface area contributed by atoms with Crippen LogP contribution < -0.4 is 10.2 Å². The molecule has 0 spiro atoms. The standard InChI is InChI=1S/C25H34O5/c1-10-17(26)12(2)11-13(3)18-14(4)21(28)24(7)20(18)25(24,8)22-15(5)19(27)16(6)23(29-9)30-22/h11-12,14,18,20H,10H2,1-9H3/t12-,14+,18+,20-,24-,25-/m1/s1. The third-order valence-electron chi connectivity index (χ3n) is 8.14. The van der Waals surface area contributed by atoms with E-state index in [9.17, 15) is 14.4 Å². The van der Waals surface area contributed by atoms with E-state index in [4.69, 9.17) is 9.15 Å². The van der Waals surface area contributed by atoms with Gasteiger partial charge in [-0.3, -0.25) is 14.4 Å². The van der Waals surface area contributed by atoms with Gasteiger partial charge in [-0.25, -0.2) is 0 Å². The maximum atomic E-state index is 13.4. The predicted octanol–water partition coefficient (Wildman–Crippen LogP) is 4.56. The van der Waals surface area contributed by atoms with Crippen molar-refractivity contribution in [2.75, 3.05) is 7.11 Å². The predicted molar refractivity (Wildman–Crippen MR) is 116 cm³/mol. The van der Waals surface area contributed by atoms with Gasteiger partial charge in [-0.1, -0.05) is 46.3 Å². The number of ketones is 2. The number of Topliss-reactive ketones (excluding diaryl/α,β-unsaturated/α-hetero) is 2. The van der Waals surface area contributed by atoms with Gasteiger partial charge < -0.3 is 9.15 Å². The van der Waals surface area contributed by atoms with E-state index >= 15 is 0 Å². The smallest absolute Gasteiger partial charge is 0.291 e. The van der Waals surface area contributed by atoms with E-state index < -0.39 is 10.8 Å². The van der Waals surface area contributed by atoms with E-state index in [0.29, 0.717) is 23.3 Å². The fraction of sp³-hybridized carbons (Fsp3) is 0.640. The SMILES string of the molecule is CCC(=O)[C@H](C)C=C(C)[C@H]1[C@H](C)C(=O)[C@@]2(C)[C@@H]1[C@]2(C)c1oc(OC)c(C)c(=O)c1C. The first-order valence-corrected chi connectivity index (χ1v) is 10.8. The van der Waals surface area contributed by atoms with Gasteiger partial charge in [-0.15, -0.1) is 0 Å². The molecule has 0 radical (unpaired) electrons. The largest absolute Gasteiger partial charge is 0.468 e. The number of ether oxygens (including phenoxy) is 1. The second kappa shape index (κ2) is 7.21. The average molecular weight is 415 g/mol. The van der Waals surface area contributed by atoms with Crippen molar-refractivity contribution in [3.8, 4) is 5.95 Å². The highest BCUT2D eigenvalue weighted by Gasteiger charge is 2.83. The van der Waals surface area contributed by atoms with Crippen molar-refractivity contribution in [2.45, 2.75) is 67.2 Å². The highest BCUT2D eigenvalue weighted by atomic mass is 16.6. The van der Waals surface area contributed by atoms with E-state index in [1.807, 2.05) is 47.6 Å². The Labute approximate surface area is 178 Å². The molecule has 2 saturated carbocycles. The lowest BCUT2D eigenvalue weighted by atomic mass is 9.76. The first-order valence-electron chi connectivity index (χ1n) is 10.8. The highest BCUT2D eigenvalue weighted by Crippen LogP contribution is 2.79. The minimum atomic E-state index is -0.606. The molecule has 1 aromatic heterocycles. The average Bonchev–Trinajstić information content (AvgIpc) is 3.11. The molecule has 0 aromatic carbocycles. The minimum absolute atomic E-state index is 0.0107. The second-order valence-corrected chi connectivity index (χ2v) is 9.58. The molecule has 1 aromatic rings. The number of carbonyl (C=O) groups is 2. The van der Waals surface area contributed by atoms with Crippen LogP contribution in [-0.4, -0.2) is 18.7 Å². The number of hydrogen-bond donors (Lipinski definition) is 0. The molecular formula is C25H34O5. The van der Waals surface area contributed by atoms with E-state index in [1.54, 1.807) is 13.8 Å². The summed E-state index contributed by atoms with van der Waals surface area (Å²) in [6, 6.07) is 0. The Hall–Kier alpha value is -2.17. The van der Waals surface area contributed by atoms with Crippen LogP contribution in [0.25, 0.3) is 0 Å². The molecule has 5 heteroatoms. The molecule has 3 rings (SSSR count). The Balaban J connectivity index is 2.12. The third kappa shape index (κ3) is 2.70. The first-order chi connectivity index (χ1) is 13.9. The van der Waals surface area contributed by atoms with Crippen LogP contribution in [0.5, 0.6) is 5.95 Å². The molecule has 0 N–H and O–H groups in total. The first kappa shape index (κ1) is 22.5. The quantitative estimate of drug-likeness (QED) is 0.638. The molecule has 2 aliphatic carbocycles. The summed E-state index contributed by atoms with van der Waals surface area (Å²) >= 11 is 0. The zero-order valence-corrected chi connectivity index (χ0v) is 19.6. The van der Waals surface area contributed by atoms with Gasteiger partial charge >= 0.3 is 0 Å². The zero-order valence-electron chi connectivity index (χ0n) is 19.6. The summed E-state index contributed by atoms with van der Waals surface area (Å²) in [7, 11) is 1.48. The maximum absolute atomic E-state index is 13.4. The van der Waals surface area contributed by atoms with Crippen molar-refractivity contribution < 1.29 is 18.7 Å². The maximum Gasteiger partial charge on any atom is 0.291 e. The molecule has 0 amide bonds. The normalized spacial score (nSPS) is 34.0. The summed E-state index contributed by atoms with van der Waals surface area (Å²) in [6.45, 7) is 15.3. The van der Waals surface area contributed by atoms with Gasteiger partial charge in [-0.2, -0.15) is 0 Å². The van der Waals surface area contributed by atoms with E-state index in [0.717, 1.165) is 5.57 Å². The highest BCUT2D eigenvalue weighted by molar-refractivity contribution is 5.97. The van der Waals surface area contributed by atoms with Crippen LogP contribution in [0.15, 0.2) is 20.9 Å². The van der Waals surface area contributed by atoms with Gasteiger partial charge in [-0.05, 0) is 32.6 Å². The van der Waals surface area contributed by atoms with E-state index in [-0.39, 0.29) is 46.6 Å². The van der Waals surface area contributed by atoms with Crippen molar-refractivity contribution in [1.82, 2.24) is 0 Å². The van der Waals surface area contributed by atoms with Crippen LogP contribution in [0.2, 0.25) is 0 Å². The lowest BCUT2D eigenvalue weighted by Gasteiger charge is -2.28. The fourth-order valence-corrected chi connectivity index (χ4v) is 6.26. The molecule has 30 heavy (non-hydrogen) atoms. The second-order valence-electron chi connectivity index (χ2n) is 9.58. The van der Waals surface area contributed by atoms with Crippen LogP contribution in [0.4, 0.5) is 0 Å². The van der Waals surface area contributed by atoms with Crippen LogP contribution in [0, 0.1) is 42.9 Å². The molecule has 0 unspecified atom stereocenters. The monoisotopic (exact) mass is 414 g/mol. The van der Waals surface area contributed by atoms with Gasteiger partial charge in [0.15, 0.2) is 5.43 Å². The Kier molecular flexibility index (Phi) is 5.41. The van der Waals surface area contributed by atoms with Crippen molar-refractivity contribution in [3.63, 3.8) is 0 Å². The topological polar surface area (TPSA) is 73.6 Å². The minimum Gasteiger partial charge on any atom is -0.468 e. The summed E-state index contributed by atoms with van der Waals surface area (Å²) in [5, 5.41) is 0. The lowest BCUT2D eigenvalue weighted by Crippen LogP contribution is -2.32. The number of rotatable bonds is 6. The zero-order chi connectivity index (χ0) is 22.8.